The van der Waals surface area contributed by atoms with Crippen molar-refractivity contribution in [1.82, 2.24) is 5.16 Å². The molecule has 0 aliphatic carbocycles. The van der Waals surface area contributed by atoms with Gasteiger partial charge in [-0.15, -0.1) is 0 Å². The first kappa shape index (κ1) is 10.8. The molecule has 0 radical (unpaired) electrons. The Morgan fingerprint density at radius 1 is 1.50 bits per heavy atom. The van der Waals surface area contributed by atoms with Crippen molar-refractivity contribution in [2.75, 3.05) is 12.3 Å². The third-order valence-electron chi connectivity index (χ3n) is 2.08. The predicted molar refractivity (Wildman–Crippen MR) is 62.5 cm³/mol. The Labute approximate surface area is 97.9 Å². The van der Waals surface area contributed by atoms with Crippen molar-refractivity contribution < 1.29 is 9.26 Å². The molecule has 0 bridgehead atoms. The van der Waals surface area contributed by atoms with Gasteiger partial charge in [0.1, 0.15) is 11.4 Å². The van der Waals surface area contributed by atoms with Crippen LogP contribution in [0.15, 0.2) is 28.9 Å². The fraction of sp³-hybridized carbons (Fsp3) is 0.182. The number of aromatic nitrogens is 1. The average molecular weight is 239 g/mol. The van der Waals surface area contributed by atoms with Crippen molar-refractivity contribution in [3.63, 3.8) is 0 Å². The third kappa shape index (κ3) is 1.97. The highest BCUT2D eigenvalue weighted by molar-refractivity contribution is 6.31. The largest absolute Gasteiger partial charge is 0.493 e. The number of halogens is 1. The molecule has 0 saturated carbocycles. The Balaban J connectivity index is 2.53. The van der Waals surface area contributed by atoms with Gasteiger partial charge in [-0.1, -0.05) is 16.8 Å². The molecule has 4 nitrogen and oxygen atoms in total. The van der Waals surface area contributed by atoms with E-state index < -0.39 is 0 Å². The van der Waals surface area contributed by atoms with Crippen LogP contribution in [0.5, 0.6) is 5.75 Å². The first-order valence-electron chi connectivity index (χ1n) is 4.85. The van der Waals surface area contributed by atoms with Crippen molar-refractivity contribution in [2.45, 2.75) is 6.92 Å². The van der Waals surface area contributed by atoms with Crippen molar-refractivity contribution in [1.29, 1.82) is 0 Å². The molecule has 2 rings (SSSR count). The quantitative estimate of drug-likeness (QED) is 0.893. The zero-order chi connectivity index (χ0) is 11.5. The summed E-state index contributed by atoms with van der Waals surface area (Å²) in [6, 6.07) is 5.27. The van der Waals surface area contributed by atoms with Crippen LogP contribution in [0.2, 0.25) is 5.02 Å². The second kappa shape index (κ2) is 4.45. The summed E-state index contributed by atoms with van der Waals surface area (Å²) >= 11 is 5.93. The Morgan fingerprint density at radius 2 is 2.31 bits per heavy atom. The molecule has 5 heteroatoms. The van der Waals surface area contributed by atoms with E-state index in [1.807, 2.05) is 6.92 Å². The molecule has 0 aliphatic heterocycles. The van der Waals surface area contributed by atoms with Crippen LogP contribution in [-0.2, 0) is 0 Å². The van der Waals surface area contributed by atoms with Gasteiger partial charge in [0.15, 0.2) is 5.76 Å². The summed E-state index contributed by atoms with van der Waals surface area (Å²) in [5, 5.41) is 4.22. The van der Waals surface area contributed by atoms with Crippen LogP contribution in [0.4, 0.5) is 5.69 Å². The van der Waals surface area contributed by atoms with Crippen LogP contribution in [0.25, 0.3) is 11.3 Å². The highest BCUT2D eigenvalue weighted by atomic mass is 35.5. The van der Waals surface area contributed by atoms with Crippen molar-refractivity contribution in [3.8, 4) is 17.1 Å². The highest BCUT2D eigenvalue weighted by Gasteiger charge is 2.14. The zero-order valence-electron chi connectivity index (χ0n) is 8.74. The summed E-state index contributed by atoms with van der Waals surface area (Å²) in [4.78, 5) is 0. The molecule has 2 aromatic rings. The Morgan fingerprint density at radius 3 is 2.94 bits per heavy atom. The molecule has 0 saturated heterocycles. The molecular formula is C11H11ClN2O2. The molecule has 0 atom stereocenters. The van der Waals surface area contributed by atoms with Gasteiger partial charge in [-0.25, -0.2) is 0 Å². The Kier molecular flexibility index (Phi) is 3.01. The summed E-state index contributed by atoms with van der Waals surface area (Å²) in [6.07, 6.45) is 1.45. The lowest BCUT2D eigenvalue weighted by molar-refractivity contribution is 0.339. The van der Waals surface area contributed by atoms with E-state index in [4.69, 9.17) is 26.6 Å². The van der Waals surface area contributed by atoms with Gasteiger partial charge in [-0.05, 0) is 25.1 Å². The molecule has 0 spiro atoms. The minimum absolute atomic E-state index is 0.461. The van der Waals surface area contributed by atoms with E-state index in [1.54, 1.807) is 18.2 Å². The number of nitrogens with zero attached hydrogens (tertiary/aromatic N) is 1. The maximum absolute atomic E-state index is 5.93. The first-order valence-corrected chi connectivity index (χ1v) is 5.23. The van der Waals surface area contributed by atoms with Gasteiger partial charge in [0.05, 0.1) is 18.4 Å². The Bertz CT molecular complexity index is 496. The normalized spacial score (nSPS) is 10.4. The minimum atomic E-state index is 0.461. The van der Waals surface area contributed by atoms with E-state index in [1.165, 1.54) is 6.20 Å². The molecule has 0 amide bonds. The van der Waals surface area contributed by atoms with Gasteiger partial charge in [0.2, 0.25) is 0 Å². The monoisotopic (exact) mass is 238 g/mol. The van der Waals surface area contributed by atoms with Crippen LogP contribution >= 0.6 is 11.6 Å². The fourth-order valence-electron chi connectivity index (χ4n) is 1.41. The number of hydrogen-bond donors (Lipinski definition) is 1. The molecule has 1 aromatic carbocycles. The van der Waals surface area contributed by atoms with Crippen LogP contribution in [0.3, 0.4) is 0 Å². The lowest BCUT2D eigenvalue weighted by Gasteiger charge is -2.08. The van der Waals surface area contributed by atoms with Gasteiger partial charge in [0.25, 0.3) is 0 Å². The lowest BCUT2D eigenvalue weighted by Crippen LogP contribution is -1.94. The highest BCUT2D eigenvalue weighted by Crippen LogP contribution is 2.35. The number of anilines is 1. The van der Waals surface area contributed by atoms with Gasteiger partial charge in [-0.2, -0.15) is 0 Å². The molecule has 84 valence electrons. The van der Waals surface area contributed by atoms with Crippen molar-refractivity contribution >= 4 is 17.3 Å². The molecule has 0 aliphatic rings. The number of nitrogens with two attached hydrogens (primary N) is 1. The van der Waals surface area contributed by atoms with Crippen LogP contribution < -0.4 is 10.5 Å². The molecule has 2 N–H and O–H groups in total. The van der Waals surface area contributed by atoms with E-state index in [0.29, 0.717) is 34.4 Å². The van der Waals surface area contributed by atoms with Crippen molar-refractivity contribution in [2.24, 2.45) is 0 Å². The smallest absolute Gasteiger partial charge is 0.193 e. The topological polar surface area (TPSA) is 61.3 Å². The van der Waals surface area contributed by atoms with E-state index >= 15 is 0 Å². The number of benzene rings is 1. The van der Waals surface area contributed by atoms with E-state index in [-0.39, 0.29) is 0 Å². The summed E-state index contributed by atoms with van der Waals surface area (Å²) in [5.74, 6) is 1.15. The molecule has 1 aromatic heterocycles. The molecule has 0 fully saturated rings. The molecule has 0 unspecified atom stereocenters. The second-order valence-corrected chi connectivity index (χ2v) is 3.62. The zero-order valence-corrected chi connectivity index (χ0v) is 9.49. The fourth-order valence-corrected chi connectivity index (χ4v) is 1.58. The number of hydrogen-bond acceptors (Lipinski definition) is 4. The molecular weight excluding hydrogens is 228 g/mol. The summed E-state index contributed by atoms with van der Waals surface area (Å²) < 4.78 is 10.5. The summed E-state index contributed by atoms with van der Waals surface area (Å²) in [7, 11) is 0. The SMILES string of the molecule is CCOc1ccc(Cl)cc1-c1oncc1N. The predicted octanol–water partition coefficient (Wildman–Crippen LogP) is 2.98. The molecule has 16 heavy (non-hydrogen) atoms. The number of nitrogen functional groups attached to an aromatic ring is 1. The van der Waals surface area contributed by atoms with E-state index in [0.717, 1.165) is 0 Å². The third-order valence-corrected chi connectivity index (χ3v) is 2.32. The van der Waals surface area contributed by atoms with Crippen LogP contribution in [0, 0.1) is 0 Å². The van der Waals surface area contributed by atoms with Gasteiger partial charge < -0.3 is 15.0 Å². The maximum atomic E-state index is 5.93. The minimum Gasteiger partial charge on any atom is -0.493 e. The second-order valence-electron chi connectivity index (χ2n) is 3.18. The van der Waals surface area contributed by atoms with Gasteiger partial charge in [-0.3, -0.25) is 0 Å². The van der Waals surface area contributed by atoms with E-state index in [9.17, 15) is 0 Å². The van der Waals surface area contributed by atoms with Gasteiger partial charge >= 0.3 is 0 Å². The van der Waals surface area contributed by atoms with Gasteiger partial charge in [0, 0.05) is 5.02 Å². The summed E-state index contributed by atoms with van der Waals surface area (Å²) in [6.45, 7) is 2.46. The first-order chi connectivity index (χ1) is 7.72. The maximum Gasteiger partial charge on any atom is 0.193 e. The average Bonchev–Trinajstić information content (AvgIpc) is 2.67. The molecule has 1 heterocycles. The van der Waals surface area contributed by atoms with E-state index in [2.05, 4.69) is 5.16 Å². The van der Waals surface area contributed by atoms with Crippen molar-refractivity contribution in [3.05, 3.63) is 29.4 Å². The van der Waals surface area contributed by atoms with Crippen LogP contribution in [-0.4, -0.2) is 11.8 Å². The number of ether oxygens (including phenoxy) is 1. The lowest BCUT2D eigenvalue weighted by atomic mass is 10.1. The standard InChI is InChI=1S/C11H11ClN2O2/c1-2-15-10-4-3-7(12)5-8(10)11-9(13)6-14-16-11/h3-6H,2,13H2,1H3. The number of rotatable bonds is 3. The Hall–Kier alpha value is -1.68. The summed E-state index contributed by atoms with van der Waals surface area (Å²) in [5.41, 5.74) is 6.91. The van der Waals surface area contributed by atoms with Crippen LogP contribution in [0.1, 0.15) is 6.92 Å².